The molecule has 1 aliphatic heterocycles. The minimum absolute atomic E-state index is 0.200. The molecule has 9 heteroatoms. The summed E-state index contributed by atoms with van der Waals surface area (Å²) in [6.45, 7) is 5.50. The first-order valence-corrected chi connectivity index (χ1v) is 11.1. The summed E-state index contributed by atoms with van der Waals surface area (Å²) in [5, 5.41) is 9.19. The summed E-state index contributed by atoms with van der Waals surface area (Å²) in [6, 6.07) is 11.2. The van der Waals surface area contributed by atoms with E-state index in [1.165, 1.54) is 18.7 Å². The molecule has 32 heavy (non-hydrogen) atoms. The van der Waals surface area contributed by atoms with Gasteiger partial charge in [0.25, 0.3) is 0 Å². The Balaban J connectivity index is 2.00. The number of methoxy groups -OCH3 is 2. The molecule has 1 aromatic heterocycles. The summed E-state index contributed by atoms with van der Waals surface area (Å²) in [7, 11) is 3.16. The fraction of sp³-hybridized carbons (Fsp3) is 0.304. The van der Waals surface area contributed by atoms with Crippen LogP contribution in [0.1, 0.15) is 31.2 Å². The molecule has 1 atom stereocenters. The molecule has 0 fully saturated rings. The Labute approximate surface area is 190 Å². The summed E-state index contributed by atoms with van der Waals surface area (Å²) in [5.41, 5.74) is 3.52. The molecule has 8 nitrogen and oxygen atoms in total. The predicted molar refractivity (Wildman–Crippen MR) is 122 cm³/mol. The monoisotopic (exact) mass is 452 g/mol. The van der Waals surface area contributed by atoms with Gasteiger partial charge < -0.3 is 14.2 Å². The number of amides is 1. The number of thioether (sulfide) groups is 1. The van der Waals surface area contributed by atoms with E-state index in [0.29, 0.717) is 39.5 Å². The molecule has 0 unspecified atom stereocenters. The lowest BCUT2D eigenvalue weighted by atomic mass is 10.0. The van der Waals surface area contributed by atoms with Gasteiger partial charge in [-0.1, -0.05) is 30.3 Å². The van der Waals surface area contributed by atoms with E-state index in [4.69, 9.17) is 14.2 Å². The van der Waals surface area contributed by atoms with Crippen LogP contribution in [0, 0.1) is 6.92 Å². The number of carbonyl (C=O) groups is 1. The average molecular weight is 453 g/mol. The highest BCUT2D eigenvalue weighted by molar-refractivity contribution is 7.99. The Morgan fingerprint density at radius 1 is 1.16 bits per heavy atom. The highest BCUT2D eigenvalue weighted by Crippen LogP contribution is 2.45. The van der Waals surface area contributed by atoms with Crippen LogP contribution in [-0.2, 0) is 4.79 Å². The molecule has 3 aromatic rings. The van der Waals surface area contributed by atoms with Crippen LogP contribution in [0.3, 0.4) is 0 Å². The van der Waals surface area contributed by atoms with Crippen LogP contribution in [0.2, 0.25) is 0 Å². The second kappa shape index (κ2) is 9.04. The van der Waals surface area contributed by atoms with Gasteiger partial charge in [-0.25, -0.2) is 0 Å². The van der Waals surface area contributed by atoms with Gasteiger partial charge in [-0.2, -0.15) is 4.98 Å². The molecule has 0 aliphatic carbocycles. The van der Waals surface area contributed by atoms with E-state index in [0.717, 1.165) is 16.9 Å². The van der Waals surface area contributed by atoms with Crippen LogP contribution >= 0.6 is 11.8 Å². The number of rotatable bonds is 5. The molecule has 0 saturated carbocycles. The Kier molecular flexibility index (Phi) is 6.18. The van der Waals surface area contributed by atoms with E-state index in [1.807, 2.05) is 32.0 Å². The lowest BCUT2D eigenvalue weighted by molar-refractivity contribution is -0.118. The smallest absolute Gasteiger partial charge is 0.247 e. The zero-order chi connectivity index (χ0) is 22.8. The molecule has 2 heterocycles. The van der Waals surface area contributed by atoms with Gasteiger partial charge in [0.2, 0.25) is 23.2 Å². The van der Waals surface area contributed by atoms with Gasteiger partial charge >= 0.3 is 0 Å². The molecule has 1 amide bonds. The Bertz CT molecular complexity index is 1170. The van der Waals surface area contributed by atoms with Crippen molar-refractivity contribution in [1.29, 1.82) is 0 Å². The van der Waals surface area contributed by atoms with E-state index >= 15 is 0 Å². The van der Waals surface area contributed by atoms with E-state index in [2.05, 4.69) is 15.2 Å². The van der Waals surface area contributed by atoms with E-state index in [9.17, 15) is 4.79 Å². The number of benzene rings is 2. The third kappa shape index (κ3) is 3.95. The highest BCUT2D eigenvalue weighted by atomic mass is 32.2. The second-order valence-electron chi connectivity index (χ2n) is 7.17. The minimum atomic E-state index is -0.851. The first kappa shape index (κ1) is 21.9. The van der Waals surface area contributed by atoms with Crippen LogP contribution in [0.25, 0.3) is 11.3 Å². The molecular formula is C23H24N4O4S. The first-order valence-electron chi connectivity index (χ1n) is 10.1. The number of aryl methyl sites for hydroxylation is 1. The van der Waals surface area contributed by atoms with Gasteiger partial charge in [-0.05, 0) is 43.0 Å². The minimum Gasteiger partial charge on any atom is -0.497 e. The molecule has 1 aliphatic rings. The number of fused-ring (bicyclic) bond motifs is 3. The van der Waals surface area contributed by atoms with Crippen molar-refractivity contribution >= 4 is 23.4 Å². The molecule has 0 bridgehead atoms. The number of ether oxygens (including phenoxy) is 3. The van der Waals surface area contributed by atoms with Gasteiger partial charge in [0.15, 0.2) is 5.69 Å². The normalized spacial score (nSPS) is 14.7. The second-order valence-corrected chi connectivity index (χ2v) is 8.40. The fourth-order valence-electron chi connectivity index (χ4n) is 3.64. The summed E-state index contributed by atoms with van der Waals surface area (Å²) in [4.78, 5) is 19.2. The van der Waals surface area contributed by atoms with E-state index in [-0.39, 0.29) is 5.91 Å². The first-order chi connectivity index (χ1) is 15.5. The number of anilines is 1. The Morgan fingerprint density at radius 3 is 2.66 bits per heavy atom. The van der Waals surface area contributed by atoms with Crippen molar-refractivity contribution < 1.29 is 19.0 Å². The number of hydrogen-bond acceptors (Lipinski definition) is 8. The molecular weight excluding hydrogens is 428 g/mol. The molecule has 0 saturated heterocycles. The molecule has 0 N–H and O–H groups in total. The van der Waals surface area contributed by atoms with Crippen LogP contribution in [0.5, 0.6) is 17.4 Å². The standard InChI is InChI=1S/C23H24N4O4S/c1-6-32-23-24-21-20(25-26-23)16-11-13(2)7-9-18(16)27(14(3)28)22(31-21)17-12-15(29-4)8-10-19(17)30-5/h7-12,22H,6H2,1-5H3/t22-/m1/s1. The van der Waals surface area contributed by atoms with E-state index in [1.54, 1.807) is 37.3 Å². The third-order valence-corrected chi connectivity index (χ3v) is 5.80. The van der Waals surface area contributed by atoms with Gasteiger partial charge in [-0.3, -0.25) is 9.69 Å². The molecule has 0 spiro atoms. The van der Waals surface area contributed by atoms with Gasteiger partial charge in [-0.15, -0.1) is 10.2 Å². The third-order valence-electron chi connectivity index (χ3n) is 5.08. The van der Waals surface area contributed by atoms with Crippen LogP contribution in [-0.4, -0.2) is 41.1 Å². The van der Waals surface area contributed by atoms with Gasteiger partial charge in [0.05, 0.1) is 25.5 Å². The molecule has 2 aromatic carbocycles. The van der Waals surface area contributed by atoms with Gasteiger partial charge in [0.1, 0.15) is 11.5 Å². The van der Waals surface area contributed by atoms with Crippen molar-refractivity contribution in [1.82, 2.24) is 15.2 Å². The Morgan fingerprint density at radius 2 is 1.97 bits per heavy atom. The largest absolute Gasteiger partial charge is 0.497 e. The van der Waals surface area contributed by atoms with Gasteiger partial charge in [0, 0.05) is 12.5 Å². The molecule has 166 valence electrons. The quantitative estimate of drug-likeness (QED) is 0.526. The number of hydrogen-bond donors (Lipinski definition) is 0. The zero-order valence-electron chi connectivity index (χ0n) is 18.6. The van der Waals surface area contributed by atoms with Crippen molar-refractivity contribution in [3.05, 3.63) is 47.5 Å². The summed E-state index contributed by atoms with van der Waals surface area (Å²) in [5.74, 6) is 2.08. The average Bonchev–Trinajstić information content (AvgIpc) is 2.92. The maximum atomic E-state index is 13.0. The maximum absolute atomic E-state index is 13.0. The number of aromatic nitrogens is 3. The summed E-state index contributed by atoms with van der Waals surface area (Å²) < 4.78 is 17.4. The lowest BCUT2D eigenvalue weighted by Gasteiger charge is -2.31. The lowest BCUT2D eigenvalue weighted by Crippen LogP contribution is -2.36. The number of nitrogens with zero attached hydrogens (tertiary/aromatic N) is 4. The van der Waals surface area contributed by atoms with Crippen LogP contribution in [0.4, 0.5) is 5.69 Å². The van der Waals surface area contributed by atoms with Crippen LogP contribution < -0.4 is 19.1 Å². The summed E-state index contributed by atoms with van der Waals surface area (Å²) >= 11 is 1.47. The van der Waals surface area contributed by atoms with Crippen LogP contribution in [0.15, 0.2) is 41.6 Å². The highest BCUT2D eigenvalue weighted by Gasteiger charge is 2.36. The zero-order valence-corrected chi connectivity index (χ0v) is 19.4. The van der Waals surface area contributed by atoms with E-state index < -0.39 is 6.23 Å². The molecule has 0 radical (unpaired) electrons. The fourth-order valence-corrected chi connectivity index (χ4v) is 4.15. The Hall–Kier alpha value is -3.33. The number of carbonyl (C=O) groups excluding carboxylic acids is 1. The van der Waals surface area contributed by atoms with Crippen molar-refractivity contribution in [3.8, 4) is 28.6 Å². The topological polar surface area (TPSA) is 86.7 Å². The predicted octanol–water partition coefficient (Wildman–Crippen LogP) is 4.42. The van der Waals surface area contributed by atoms with Crippen molar-refractivity contribution in [2.24, 2.45) is 0 Å². The molecule has 4 rings (SSSR count). The maximum Gasteiger partial charge on any atom is 0.247 e. The van der Waals surface area contributed by atoms with Crippen molar-refractivity contribution in [2.45, 2.75) is 32.2 Å². The SMILES string of the molecule is CCSc1nnc2c(n1)O[C@H](c1cc(OC)ccc1OC)N(C(C)=O)c1ccc(C)cc1-2. The van der Waals surface area contributed by atoms with Crippen molar-refractivity contribution in [2.75, 3.05) is 24.9 Å². The summed E-state index contributed by atoms with van der Waals surface area (Å²) in [6.07, 6.45) is -0.851. The van der Waals surface area contributed by atoms with Crippen molar-refractivity contribution in [3.63, 3.8) is 0 Å².